The Kier molecular flexibility index (Phi) is 6.93. The molecular formula is C54H33N3. The second-order valence-electron chi connectivity index (χ2n) is 15.0. The first-order valence-corrected chi connectivity index (χ1v) is 19.5. The van der Waals surface area contributed by atoms with Crippen LogP contribution in [-0.4, -0.2) is 14.5 Å². The van der Waals surface area contributed by atoms with Gasteiger partial charge in [0.1, 0.15) is 0 Å². The van der Waals surface area contributed by atoms with Gasteiger partial charge in [-0.1, -0.05) is 164 Å². The zero-order chi connectivity index (χ0) is 37.5. The van der Waals surface area contributed by atoms with Gasteiger partial charge in [0, 0.05) is 33.2 Å². The highest BCUT2D eigenvalue weighted by Gasteiger charge is 2.25. The molecule has 3 nitrogen and oxygen atoms in total. The molecule has 0 fully saturated rings. The van der Waals surface area contributed by atoms with E-state index in [0.29, 0.717) is 5.82 Å². The number of hydrogen-bond acceptors (Lipinski definition) is 2. The van der Waals surface area contributed by atoms with Crippen LogP contribution in [0.25, 0.3) is 116 Å². The Bertz CT molecular complexity index is 3360. The molecule has 57 heavy (non-hydrogen) atoms. The van der Waals surface area contributed by atoms with E-state index in [1.807, 2.05) is 24.3 Å². The molecule has 0 N–H and O–H groups in total. The minimum absolute atomic E-state index is 0.707. The first-order valence-electron chi connectivity index (χ1n) is 19.5. The standard InChI is InChI=1S/C54H33N3/c1-3-12-34(13-4-1)35-22-24-36(25-23-35)48-33-49(56-54(55-48)38-14-5-2-6-15-38)37-26-28-41(29-27-37)57-50-31-40-17-8-7-16-39(40)30-47(50)53-45-21-11-20-44-42-18-9-10-19-43(42)46(52(44)45)32-51(53)57/h1-33H. The van der Waals surface area contributed by atoms with Crippen molar-refractivity contribution in [3.63, 3.8) is 0 Å². The molecule has 2 aromatic heterocycles. The second-order valence-corrected chi connectivity index (χ2v) is 15.0. The van der Waals surface area contributed by atoms with Crippen molar-refractivity contribution >= 4 is 43.4 Å². The van der Waals surface area contributed by atoms with Crippen molar-refractivity contribution < 1.29 is 0 Å². The Morgan fingerprint density at radius 1 is 0.316 bits per heavy atom. The molecule has 0 aliphatic heterocycles. The first-order chi connectivity index (χ1) is 28.2. The Balaban J connectivity index is 1.04. The van der Waals surface area contributed by atoms with Crippen LogP contribution in [0.15, 0.2) is 200 Å². The summed E-state index contributed by atoms with van der Waals surface area (Å²) in [5.74, 6) is 0.707. The Labute approximate surface area is 329 Å². The van der Waals surface area contributed by atoms with Crippen LogP contribution in [0, 0.1) is 0 Å². The summed E-state index contributed by atoms with van der Waals surface area (Å²) in [4.78, 5) is 10.3. The fourth-order valence-electron chi connectivity index (χ4n) is 9.05. The third kappa shape index (κ3) is 4.99. The van der Waals surface area contributed by atoms with Gasteiger partial charge in [-0.05, 0) is 91.3 Å². The second kappa shape index (κ2) is 12.5. The quantitative estimate of drug-likeness (QED) is 0.177. The van der Waals surface area contributed by atoms with E-state index in [1.54, 1.807) is 0 Å². The van der Waals surface area contributed by atoms with Gasteiger partial charge in [-0.3, -0.25) is 0 Å². The molecule has 0 amide bonds. The third-order valence-electron chi connectivity index (χ3n) is 11.7. The molecule has 1 aliphatic carbocycles. The van der Waals surface area contributed by atoms with E-state index >= 15 is 0 Å². The molecular weight excluding hydrogens is 691 g/mol. The largest absolute Gasteiger partial charge is 0.309 e. The smallest absolute Gasteiger partial charge is 0.160 e. The maximum Gasteiger partial charge on any atom is 0.160 e. The van der Waals surface area contributed by atoms with Gasteiger partial charge in [0.15, 0.2) is 5.82 Å². The van der Waals surface area contributed by atoms with Crippen molar-refractivity contribution in [1.82, 2.24) is 14.5 Å². The maximum absolute atomic E-state index is 5.16. The van der Waals surface area contributed by atoms with Crippen LogP contribution >= 0.6 is 0 Å². The highest BCUT2D eigenvalue weighted by molar-refractivity contribution is 6.30. The van der Waals surface area contributed by atoms with Crippen LogP contribution < -0.4 is 0 Å². The van der Waals surface area contributed by atoms with Crippen LogP contribution in [0.3, 0.4) is 0 Å². The van der Waals surface area contributed by atoms with E-state index in [0.717, 1.165) is 33.8 Å². The lowest BCUT2D eigenvalue weighted by atomic mass is 9.97. The monoisotopic (exact) mass is 723 g/mol. The third-order valence-corrected chi connectivity index (χ3v) is 11.7. The Morgan fingerprint density at radius 2 is 0.860 bits per heavy atom. The van der Waals surface area contributed by atoms with E-state index in [4.69, 9.17) is 9.97 Å². The minimum atomic E-state index is 0.707. The van der Waals surface area contributed by atoms with Crippen molar-refractivity contribution in [2.75, 3.05) is 0 Å². The number of rotatable bonds is 5. The Morgan fingerprint density at radius 3 is 1.56 bits per heavy atom. The fourth-order valence-corrected chi connectivity index (χ4v) is 9.05. The van der Waals surface area contributed by atoms with Crippen LogP contribution in [0.5, 0.6) is 0 Å². The summed E-state index contributed by atoms with van der Waals surface area (Å²) in [5.41, 5.74) is 16.0. The van der Waals surface area contributed by atoms with Crippen molar-refractivity contribution in [1.29, 1.82) is 0 Å². The van der Waals surface area contributed by atoms with E-state index in [2.05, 4.69) is 180 Å². The fraction of sp³-hybridized carbons (Fsp3) is 0. The molecule has 9 aromatic carbocycles. The number of benzene rings is 9. The molecule has 3 heteroatoms. The average molecular weight is 724 g/mol. The number of hydrogen-bond donors (Lipinski definition) is 0. The van der Waals surface area contributed by atoms with Gasteiger partial charge in [-0.2, -0.15) is 0 Å². The molecule has 0 saturated heterocycles. The predicted molar refractivity (Wildman–Crippen MR) is 238 cm³/mol. The molecule has 1 aliphatic rings. The summed E-state index contributed by atoms with van der Waals surface area (Å²) in [6, 6.07) is 72.0. The van der Waals surface area contributed by atoms with E-state index < -0.39 is 0 Å². The molecule has 2 heterocycles. The number of nitrogens with zero attached hydrogens (tertiary/aromatic N) is 3. The molecule has 0 atom stereocenters. The summed E-state index contributed by atoms with van der Waals surface area (Å²) in [5, 5.41) is 7.67. The lowest BCUT2D eigenvalue weighted by Crippen LogP contribution is -1.97. The summed E-state index contributed by atoms with van der Waals surface area (Å²) < 4.78 is 2.46. The predicted octanol–water partition coefficient (Wildman–Crippen LogP) is 14.2. The van der Waals surface area contributed by atoms with Crippen LogP contribution in [-0.2, 0) is 0 Å². The van der Waals surface area contributed by atoms with Gasteiger partial charge >= 0.3 is 0 Å². The summed E-state index contributed by atoms with van der Waals surface area (Å²) in [6.45, 7) is 0. The van der Waals surface area contributed by atoms with Crippen LogP contribution in [0.2, 0.25) is 0 Å². The van der Waals surface area contributed by atoms with Gasteiger partial charge in [-0.15, -0.1) is 0 Å². The molecule has 0 unspecified atom stereocenters. The van der Waals surface area contributed by atoms with Crippen molar-refractivity contribution in [2.45, 2.75) is 0 Å². The van der Waals surface area contributed by atoms with Gasteiger partial charge in [0.05, 0.1) is 22.4 Å². The minimum Gasteiger partial charge on any atom is -0.309 e. The summed E-state index contributed by atoms with van der Waals surface area (Å²) in [6.07, 6.45) is 0. The van der Waals surface area contributed by atoms with Crippen LogP contribution in [0.4, 0.5) is 0 Å². The lowest BCUT2D eigenvalue weighted by molar-refractivity contribution is 1.17. The number of fused-ring (bicyclic) bond motifs is 8. The summed E-state index contributed by atoms with van der Waals surface area (Å²) in [7, 11) is 0. The zero-order valence-electron chi connectivity index (χ0n) is 30.9. The average Bonchev–Trinajstić information content (AvgIpc) is 3.79. The van der Waals surface area contributed by atoms with Crippen molar-refractivity contribution in [2.24, 2.45) is 0 Å². The number of aromatic nitrogens is 3. The van der Waals surface area contributed by atoms with Gasteiger partial charge < -0.3 is 4.57 Å². The summed E-state index contributed by atoms with van der Waals surface area (Å²) >= 11 is 0. The molecule has 264 valence electrons. The van der Waals surface area contributed by atoms with Gasteiger partial charge in [0.2, 0.25) is 0 Å². The molecule has 0 radical (unpaired) electrons. The highest BCUT2D eigenvalue weighted by atomic mass is 15.0. The zero-order valence-corrected chi connectivity index (χ0v) is 30.9. The van der Waals surface area contributed by atoms with Crippen LogP contribution in [0.1, 0.15) is 0 Å². The van der Waals surface area contributed by atoms with Crippen molar-refractivity contribution in [3.05, 3.63) is 200 Å². The highest BCUT2D eigenvalue weighted by Crippen LogP contribution is 2.51. The SMILES string of the molecule is c1ccc(-c2ccc(-c3cc(-c4ccc(-n5c6cc7ccccc7cc6c6c7cccc8c7c(cc65)-c5ccccc5-8)cc4)nc(-c4ccccc4)n3)cc2)cc1. The maximum atomic E-state index is 5.16. The Hall–Kier alpha value is -7.62. The molecule has 12 rings (SSSR count). The molecule has 0 spiro atoms. The van der Waals surface area contributed by atoms with Gasteiger partial charge in [-0.25, -0.2) is 9.97 Å². The molecule has 0 saturated carbocycles. The van der Waals surface area contributed by atoms with E-state index in [1.165, 1.54) is 76.7 Å². The van der Waals surface area contributed by atoms with Crippen molar-refractivity contribution in [3.8, 4) is 73.0 Å². The van der Waals surface area contributed by atoms with Gasteiger partial charge in [0.25, 0.3) is 0 Å². The first kappa shape index (κ1) is 31.7. The topological polar surface area (TPSA) is 30.7 Å². The van der Waals surface area contributed by atoms with E-state index in [-0.39, 0.29) is 0 Å². The normalized spacial score (nSPS) is 11.9. The van der Waals surface area contributed by atoms with E-state index in [9.17, 15) is 0 Å². The molecule has 11 aromatic rings. The molecule has 0 bridgehead atoms. The lowest BCUT2D eigenvalue weighted by Gasteiger charge is -2.12.